The molecule has 0 aliphatic carbocycles. The Bertz CT molecular complexity index is 469. The third-order valence-corrected chi connectivity index (χ3v) is 3.45. The summed E-state index contributed by atoms with van der Waals surface area (Å²) in [6, 6.07) is 0.454. The number of halogens is 3. The van der Waals surface area contributed by atoms with E-state index in [1.165, 1.54) is 0 Å². The molecular weight excluding hydrogens is 269 g/mol. The Hall–Kier alpha value is -1.02. The van der Waals surface area contributed by atoms with Crippen LogP contribution in [0.1, 0.15) is 18.5 Å². The van der Waals surface area contributed by atoms with Crippen molar-refractivity contribution in [2.24, 2.45) is 0 Å². The summed E-state index contributed by atoms with van der Waals surface area (Å²) < 4.78 is 42.7. The molecule has 1 aromatic rings. The summed E-state index contributed by atoms with van der Waals surface area (Å²) in [5, 5.41) is -0.0228. The lowest BCUT2D eigenvalue weighted by Gasteiger charge is -2.09. The van der Waals surface area contributed by atoms with Crippen molar-refractivity contribution < 1.29 is 17.9 Å². The third kappa shape index (κ3) is 3.49. The number of ether oxygens (including phenoxy) is 1. The summed E-state index contributed by atoms with van der Waals surface area (Å²) >= 11 is 1.07. The lowest BCUT2D eigenvalue weighted by molar-refractivity contribution is -0.141. The molecule has 100 valence electrons. The van der Waals surface area contributed by atoms with E-state index in [-0.39, 0.29) is 11.3 Å². The molecule has 0 spiro atoms. The van der Waals surface area contributed by atoms with E-state index in [4.69, 9.17) is 4.74 Å². The van der Waals surface area contributed by atoms with Gasteiger partial charge < -0.3 is 9.72 Å². The highest BCUT2D eigenvalue weighted by Gasteiger charge is 2.33. The molecule has 0 saturated carbocycles. The van der Waals surface area contributed by atoms with Crippen LogP contribution >= 0.6 is 11.8 Å². The average Bonchev–Trinajstić information content (AvgIpc) is 2.77. The largest absolute Gasteiger partial charge is 0.433 e. The Morgan fingerprint density at radius 3 is 2.94 bits per heavy atom. The predicted molar refractivity (Wildman–Crippen MR) is 59.6 cm³/mol. The van der Waals surface area contributed by atoms with Crippen molar-refractivity contribution in [2.75, 3.05) is 12.4 Å². The highest BCUT2D eigenvalue weighted by molar-refractivity contribution is 7.99. The zero-order valence-electron chi connectivity index (χ0n) is 9.29. The standard InChI is InChI=1S/C10H11F3N2O2S/c11-10(12,13)7-4-8(16)15-9(14-7)18-5-6-2-1-3-17-6/h4,6H,1-3,5H2,(H,14,15,16)/t6-/m1/s1. The van der Waals surface area contributed by atoms with Gasteiger partial charge >= 0.3 is 6.18 Å². The number of nitrogens with one attached hydrogen (secondary N) is 1. The molecule has 0 bridgehead atoms. The van der Waals surface area contributed by atoms with Crippen LogP contribution in [0.2, 0.25) is 0 Å². The first-order valence-electron chi connectivity index (χ1n) is 5.38. The zero-order chi connectivity index (χ0) is 13.2. The maximum absolute atomic E-state index is 12.4. The van der Waals surface area contributed by atoms with Crippen LogP contribution in [0.15, 0.2) is 16.0 Å². The highest BCUT2D eigenvalue weighted by Crippen LogP contribution is 2.28. The van der Waals surface area contributed by atoms with Gasteiger partial charge in [0, 0.05) is 18.4 Å². The molecule has 0 amide bonds. The topological polar surface area (TPSA) is 55.0 Å². The van der Waals surface area contributed by atoms with E-state index < -0.39 is 17.4 Å². The van der Waals surface area contributed by atoms with Crippen LogP contribution < -0.4 is 5.56 Å². The minimum Gasteiger partial charge on any atom is -0.377 e. The molecule has 4 nitrogen and oxygen atoms in total. The molecule has 2 rings (SSSR count). The minimum atomic E-state index is -4.60. The van der Waals surface area contributed by atoms with Gasteiger partial charge in [0.25, 0.3) is 5.56 Å². The molecule has 1 atom stereocenters. The van der Waals surface area contributed by atoms with Crippen molar-refractivity contribution in [3.05, 3.63) is 22.1 Å². The monoisotopic (exact) mass is 280 g/mol. The molecule has 1 fully saturated rings. The Balaban J connectivity index is 2.08. The Morgan fingerprint density at radius 1 is 1.56 bits per heavy atom. The number of aromatic amines is 1. The van der Waals surface area contributed by atoms with E-state index in [1.807, 2.05) is 0 Å². The molecule has 1 aliphatic heterocycles. The molecule has 0 radical (unpaired) electrons. The fourth-order valence-corrected chi connectivity index (χ4v) is 2.54. The van der Waals surface area contributed by atoms with Crippen LogP contribution in [0, 0.1) is 0 Å². The number of hydrogen-bond acceptors (Lipinski definition) is 4. The van der Waals surface area contributed by atoms with E-state index in [1.54, 1.807) is 0 Å². The second-order valence-electron chi connectivity index (χ2n) is 3.88. The smallest absolute Gasteiger partial charge is 0.377 e. The highest BCUT2D eigenvalue weighted by atomic mass is 32.2. The van der Waals surface area contributed by atoms with E-state index in [2.05, 4.69) is 9.97 Å². The minimum absolute atomic E-state index is 0.0228. The molecule has 1 aliphatic rings. The number of aromatic nitrogens is 2. The summed E-state index contributed by atoms with van der Waals surface area (Å²) in [5.41, 5.74) is -1.96. The van der Waals surface area contributed by atoms with Crippen molar-refractivity contribution in [1.82, 2.24) is 9.97 Å². The van der Waals surface area contributed by atoms with Crippen molar-refractivity contribution in [3.8, 4) is 0 Å². The van der Waals surface area contributed by atoms with Crippen molar-refractivity contribution in [2.45, 2.75) is 30.3 Å². The van der Waals surface area contributed by atoms with Gasteiger partial charge in [-0.1, -0.05) is 11.8 Å². The molecule has 18 heavy (non-hydrogen) atoms. The molecule has 1 aromatic heterocycles. The number of rotatable bonds is 3. The van der Waals surface area contributed by atoms with Gasteiger partial charge in [0.05, 0.1) is 6.10 Å². The maximum Gasteiger partial charge on any atom is 0.433 e. The normalized spacial score (nSPS) is 20.3. The first-order chi connectivity index (χ1) is 8.45. The van der Waals surface area contributed by atoms with E-state index in [0.29, 0.717) is 18.4 Å². The predicted octanol–water partition coefficient (Wildman–Crippen LogP) is 2.06. The van der Waals surface area contributed by atoms with Gasteiger partial charge in [0.15, 0.2) is 10.9 Å². The summed E-state index contributed by atoms with van der Waals surface area (Å²) in [6.45, 7) is 0.678. The Kier molecular flexibility index (Phi) is 3.96. The van der Waals surface area contributed by atoms with Crippen molar-refractivity contribution >= 4 is 11.8 Å². The fourth-order valence-electron chi connectivity index (χ4n) is 1.60. The van der Waals surface area contributed by atoms with Gasteiger partial charge in [0.1, 0.15) is 0 Å². The number of alkyl halides is 3. The number of H-pyrrole nitrogens is 1. The lowest BCUT2D eigenvalue weighted by Crippen LogP contribution is -2.17. The van der Waals surface area contributed by atoms with Gasteiger partial charge in [0.2, 0.25) is 0 Å². The number of thioether (sulfide) groups is 1. The van der Waals surface area contributed by atoms with Crippen LogP contribution in [0.25, 0.3) is 0 Å². The van der Waals surface area contributed by atoms with E-state index in [0.717, 1.165) is 24.6 Å². The summed E-state index contributed by atoms with van der Waals surface area (Å²) in [7, 11) is 0. The molecular formula is C10H11F3N2O2S. The third-order valence-electron chi connectivity index (χ3n) is 2.44. The molecule has 1 saturated heterocycles. The van der Waals surface area contributed by atoms with Crippen LogP contribution in [0.5, 0.6) is 0 Å². The number of hydrogen-bond donors (Lipinski definition) is 1. The van der Waals surface area contributed by atoms with Gasteiger partial charge in [-0.05, 0) is 12.8 Å². The van der Waals surface area contributed by atoms with Gasteiger partial charge in [-0.2, -0.15) is 13.2 Å². The first kappa shape index (κ1) is 13.4. The van der Waals surface area contributed by atoms with Gasteiger partial charge in [-0.15, -0.1) is 0 Å². The maximum atomic E-state index is 12.4. The second kappa shape index (κ2) is 5.31. The Morgan fingerprint density at radius 2 is 2.33 bits per heavy atom. The van der Waals surface area contributed by atoms with Crippen molar-refractivity contribution in [1.29, 1.82) is 0 Å². The van der Waals surface area contributed by atoms with E-state index in [9.17, 15) is 18.0 Å². The van der Waals surface area contributed by atoms with E-state index >= 15 is 0 Å². The van der Waals surface area contributed by atoms with Crippen LogP contribution in [0.4, 0.5) is 13.2 Å². The first-order valence-corrected chi connectivity index (χ1v) is 6.36. The van der Waals surface area contributed by atoms with Crippen molar-refractivity contribution in [3.63, 3.8) is 0 Å². The fraction of sp³-hybridized carbons (Fsp3) is 0.600. The second-order valence-corrected chi connectivity index (χ2v) is 4.89. The quantitative estimate of drug-likeness (QED) is 0.680. The SMILES string of the molecule is O=c1cc(C(F)(F)F)nc(SC[C@H]2CCCO2)[nH]1. The van der Waals surface area contributed by atoms with Gasteiger partial charge in [-0.3, -0.25) is 4.79 Å². The molecule has 0 unspecified atom stereocenters. The van der Waals surface area contributed by atoms with Crippen LogP contribution in [0.3, 0.4) is 0 Å². The summed E-state index contributed by atoms with van der Waals surface area (Å²) in [4.78, 5) is 16.8. The molecule has 1 N–H and O–H groups in total. The Labute approximate surface area is 105 Å². The average molecular weight is 280 g/mol. The molecule has 8 heteroatoms. The van der Waals surface area contributed by atoms with Crippen LogP contribution in [-0.4, -0.2) is 28.4 Å². The summed E-state index contributed by atoms with van der Waals surface area (Å²) in [5.74, 6) is 0.490. The molecule has 0 aromatic carbocycles. The lowest BCUT2D eigenvalue weighted by atomic mass is 10.3. The molecule has 2 heterocycles. The zero-order valence-corrected chi connectivity index (χ0v) is 10.1. The van der Waals surface area contributed by atoms with Gasteiger partial charge in [-0.25, -0.2) is 4.98 Å². The number of nitrogens with zero attached hydrogens (tertiary/aromatic N) is 1. The van der Waals surface area contributed by atoms with Crippen LogP contribution in [-0.2, 0) is 10.9 Å². The summed E-state index contributed by atoms with van der Waals surface area (Å²) in [6.07, 6.45) is -2.74.